The van der Waals surface area contributed by atoms with Crippen LogP contribution in [0.5, 0.6) is 0 Å². The van der Waals surface area contributed by atoms with E-state index in [0.29, 0.717) is 38.9 Å². The van der Waals surface area contributed by atoms with E-state index in [1.54, 1.807) is 4.90 Å². The lowest BCUT2D eigenvalue weighted by Crippen LogP contribution is -2.57. The molecule has 1 unspecified atom stereocenters. The number of nitrogens with one attached hydrogen (secondary N) is 1. The predicted octanol–water partition coefficient (Wildman–Crippen LogP) is 2.70. The van der Waals surface area contributed by atoms with E-state index in [1.807, 2.05) is 63.2 Å². The topological polar surface area (TPSA) is 95.7 Å². The van der Waals surface area contributed by atoms with Gasteiger partial charge in [-0.2, -0.15) is 0 Å². The number of hydrogen-bond donors (Lipinski definition) is 2. The van der Waals surface area contributed by atoms with Crippen LogP contribution in [0.3, 0.4) is 0 Å². The molecule has 3 N–H and O–H groups in total. The molecule has 0 saturated carbocycles. The minimum absolute atomic E-state index is 0. The van der Waals surface area contributed by atoms with Gasteiger partial charge < -0.3 is 20.9 Å². The molecule has 2 aromatic rings. The second kappa shape index (κ2) is 11.5. The van der Waals surface area contributed by atoms with Gasteiger partial charge in [0.05, 0.1) is 0 Å². The van der Waals surface area contributed by atoms with Crippen LogP contribution in [0.25, 0.3) is 10.8 Å². The second-order valence-corrected chi connectivity index (χ2v) is 9.41. The van der Waals surface area contributed by atoms with Crippen LogP contribution in [0, 0.1) is 5.41 Å². The largest absolute Gasteiger partial charge is 0.353 e. The number of carbonyl (C=O) groups is 3. The first kappa shape index (κ1) is 26.6. The minimum Gasteiger partial charge on any atom is -0.353 e. The van der Waals surface area contributed by atoms with E-state index < -0.39 is 17.6 Å². The average Bonchev–Trinajstić information content (AvgIpc) is 3.25. The van der Waals surface area contributed by atoms with E-state index in [1.165, 1.54) is 4.90 Å². The smallest absolute Gasteiger partial charge is 0.243 e. The van der Waals surface area contributed by atoms with Crippen molar-refractivity contribution >= 4 is 41.4 Å². The lowest BCUT2D eigenvalue weighted by atomic mass is 9.94. The number of likely N-dealkylation sites (tertiary alicyclic amines) is 1. The quantitative estimate of drug-likeness (QED) is 0.575. The number of rotatable bonds is 8. The summed E-state index contributed by atoms with van der Waals surface area (Å²) in [5.41, 5.74) is 5.97. The molecule has 33 heavy (non-hydrogen) atoms. The molecule has 8 heteroatoms. The van der Waals surface area contributed by atoms with Crippen molar-refractivity contribution in [2.45, 2.75) is 52.2 Å². The van der Waals surface area contributed by atoms with Gasteiger partial charge in [0.15, 0.2) is 0 Å². The van der Waals surface area contributed by atoms with Gasteiger partial charge in [0, 0.05) is 31.5 Å². The monoisotopic (exact) mass is 474 g/mol. The normalized spacial score (nSPS) is 16.7. The SMILES string of the molecule is CC(C)(C)C(=O)N1CCCC1N(C=O)[C@H](Cc1ccc2ccccc2c1)C(=O)NCCN.Cl. The number of carbonyl (C=O) groups excluding carboxylic acids is 3. The summed E-state index contributed by atoms with van der Waals surface area (Å²) in [6.45, 7) is 6.84. The lowest BCUT2D eigenvalue weighted by molar-refractivity contribution is -0.150. The van der Waals surface area contributed by atoms with E-state index in [0.717, 1.165) is 22.8 Å². The number of fused-ring (bicyclic) bond motifs is 1. The Morgan fingerprint density at radius 2 is 1.91 bits per heavy atom. The Morgan fingerprint density at radius 1 is 1.21 bits per heavy atom. The zero-order valence-electron chi connectivity index (χ0n) is 19.6. The average molecular weight is 475 g/mol. The minimum atomic E-state index is -0.737. The maximum atomic E-state index is 13.1. The standard InChI is InChI=1S/C25H34N4O3.ClH/c1-25(2,3)24(32)28-14-6-9-22(28)29(17-30)21(23(31)27-13-12-26)16-18-10-11-19-7-4-5-8-20(19)15-18;/h4-5,7-8,10-11,15,17,21-22H,6,9,12-14,16,26H2,1-3H3,(H,27,31);1H/t21-,22?;/m1./s1. The van der Waals surface area contributed by atoms with Crippen LogP contribution in [-0.2, 0) is 20.8 Å². The first-order chi connectivity index (χ1) is 15.3. The van der Waals surface area contributed by atoms with Crippen molar-refractivity contribution < 1.29 is 14.4 Å². The summed E-state index contributed by atoms with van der Waals surface area (Å²) < 4.78 is 0. The molecular formula is C25H35ClN4O3. The third-order valence-corrected chi connectivity index (χ3v) is 5.94. The zero-order valence-corrected chi connectivity index (χ0v) is 20.4. The summed E-state index contributed by atoms with van der Waals surface area (Å²) in [7, 11) is 0. The van der Waals surface area contributed by atoms with Crippen LogP contribution >= 0.6 is 12.4 Å². The van der Waals surface area contributed by atoms with Crippen molar-refractivity contribution in [3.05, 3.63) is 48.0 Å². The fourth-order valence-corrected chi connectivity index (χ4v) is 4.31. The van der Waals surface area contributed by atoms with Crippen LogP contribution in [0.2, 0.25) is 0 Å². The van der Waals surface area contributed by atoms with E-state index >= 15 is 0 Å². The Morgan fingerprint density at radius 3 is 2.55 bits per heavy atom. The molecule has 1 heterocycles. The Hall–Kier alpha value is -2.64. The molecule has 2 aromatic carbocycles. The van der Waals surface area contributed by atoms with Gasteiger partial charge in [-0.1, -0.05) is 63.2 Å². The second-order valence-electron chi connectivity index (χ2n) is 9.41. The Kier molecular flexibility index (Phi) is 9.25. The maximum absolute atomic E-state index is 13.1. The van der Waals surface area contributed by atoms with Gasteiger partial charge >= 0.3 is 0 Å². The molecule has 0 aliphatic carbocycles. The number of halogens is 1. The fourth-order valence-electron chi connectivity index (χ4n) is 4.31. The fraction of sp³-hybridized carbons (Fsp3) is 0.480. The van der Waals surface area contributed by atoms with Gasteiger partial charge in [-0.05, 0) is 29.2 Å². The molecule has 0 bridgehead atoms. The summed E-state index contributed by atoms with van der Waals surface area (Å²) in [6.07, 6.45) is 2.08. The van der Waals surface area contributed by atoms with Crippen molar-refractivity contribution in [3.8, 4) is 0 Å². The highest BCUT2D eigenvalue weighted by Crippen LogP contribution is 2.29. The third kappa shape index (κ3) is 6.24. The highest BCUT2D eigenvalue weighted by Gasteiger charge is 2.41. The number of nitrogens with two attached hydrogens (primary N) is 1. The van der Waals surface area contributed by atoms with Crippen LogP contribution in [-0.4, -0.2) is 59.9 Å². The molecule has 1 saturated heterocycles. The van der Waals surface area contributed by atoms with Crippen molar-refractivity contribution in [1.82, 2.24) is 15.1 Å². The number of benzene rings is 2. The highest BCUT2D eigenvalue weighted by atomic mass is 35.5. The summed E-state index contributed by atoms with van der Waals surface area (Å²) in [6, 6.07) is 13.4. The number of hydrogen-bond acceptors (Lipinski definition) is 4. The van der Waals surface area contributed by atoms with Crippen LogP contribution < -0.4 is 11.1 Å². The van der Waals surface area contributed by atoms with Crippen molar-refractivity contribution in [3.63, 3.8) is 0 Å². The van der Waals surface area contributed by atoms with E-state index in [-0.39, 0.29) is 24.2 Å². The third-order valence-electron chi connectivity index (χ3n) is 5.94. The van der Waals surface area contributed by atoms with Crippen molar-refractivity contribution in [2.24, 2.45) is 11.1 Å². The summed E-state index contributed by atoms with van der Waals surface area (Å²) in [5.74, 6) is -0.274. The summed E-state index contributed by atoms with van der Waals surface area (Å²) >= 11 is 0. The van der Waals surface area contributed by atoms with Gasteiger partial charge in [-0.15, -0.1) is 12.4 Å². The molecule has 0 spiro atoms. The lowest BCUT2D eigenvalue weighted by Gasteiger charge is -2.39. The van der Waals surface area contributed by atoms with Crippen molar-refractivity contribution in [1.29, 1.82) is 0 Å². The van der Waals surface area contributed by atoms with Gasteiger partial charge in [0.2, 0.25) is 18.2 Å². The van der Waals surface area contributed by atoms with Gasteiger partial charge in [0.1, 0.15) is 12.2 Å². The molecule has 0 radical (unpaired) electrons. The van der Waals surface area contributed by atoms with E-state index in [9.17, 15) is 14.4 Å². The molecule has 2 atom stereocenters. The molecular weight excluding hydrogens is 440 g/mol. The van der Waals surface area contributed by atoms with E-state index in [4.69, 9.17) is 5.73 Å². The summed E-state index contributed by atoms with van der Waals surface area (Å²) in [4.78, 5) is 41.8. The van der Waals surface area contributed by atoms with Crippen LogP contribution in [0.1, 0.15) is 39.2 Å². The van der Waals surface area contributed by atoms with Gasteiger partial charge in [0.25, 0.3) is 0 Å². The maximum Gasteiger partial charge on any atom is 0.243 e. The van der Waals surface area contributed by atoms with Gasteiger partial charge in [-0.3, -0.25) is 14.4 Å². The van der Waals surface area contributed by atoms with Crippen LogP contribution in [0.4, 0.5) is 0 Å². The first-order valence-electron chi connectivity index (χ1n) is 11.3. The molecule has 1 aliphatic heterocycles. The van der Waals surface area contributed by atoms with E-state index in [2.05, 4.69) is 5.32 Å². The molecule has 1 aliphatic rings. The van der Waals surface area contributed by atoms with Crippen molar-refractivity contribution in [2.75, 3.05) is 19.6 Å². The molecule has 3 rings (SSSR count). The molecule has 0 aromatic heterocycles. The summed E-state index contributed by atoms with van der Waals surface area (Å²) in [5, 5.41) is 5.03. The molecule has 3 amide bonds. The predicted molar refractivity (Wildman–Crippen MR) is 133 cm³/mol. The Balaban J connectivity index is 0.00000385. The first-order valence-corrected chi connectivity index (χ1v) is 11.3. The highest BCUT2D eigenvalue weighted by molar-refractivity contribution is 5.86. The number of amides is 3. The zero-order chi connectivity index (χ0) is 23.3. The Labute approximate surface area is 202 Å². The molecule has 1 fully saturated rings. The molecule has 7 nitrogen and oxygen atoms in total. The van der Waals surface area contributed by atoms with Gasteiger partial charge in [-0.25, -0.2) is 0 Å². The number of nitrogens with zero attached hydrogens (tertiary/aromatic N) is 2. The molecule has 180 valence electrons. The van der Waals surface area contributed by atoms with Crippen LogP contribution in [0.15, 0.2) is 42.5 Å². The Bertz CT molecular complexity index is 976.